The predicted octanol–water partition coefficient (Wildman–Crippen LogP) is 3.98. The predicted molar refractivity (Wildman–Crippen MR) is 95.5 cm³/mol. The number of thioether (sulfide) groups is 1. The van der Waals surface area contributed by atoms with Crippen LogP contribution in [0.2, 0.25) is 0 Å². The van der Waals surface area contributed by atoms with Crippen LogP contribution in [0, 0.1) is 0 Å². The van der Waals surface area contributed by atoms with E-state index in [4.69, 9.17) is 4.74 Å². The Morgan fingerprint density at radius 2 is 2.00 bits per heavy atom. The Morgan fingerprint density at radius 1 is 1.17 bits per heavy atom. The average Bonchev–Trinajstić information content (AvgIpc) is 3.09. The Balaban J connectivity index is 1.70. The van der Waals surface area contributed by atoms with Gasteiger partial charge < -0.3 is 4.74 Å². The number of nitrogens with zero attached hydrogens (tertiary/aromatic N) is 2. The minimum atomic E-state index is 0.376. The van der Waals surface area contributed by atoms with E-state index in [-0.39, 0.29) is 0 Å². The molecule has 0 N–H and O–H groups in total. The normalized spacial score (nSPS) is 17.7. The van der Waals surface area contributed by atoms with Gasteiger partial charge in [-0.2, -0.15) is 0 Å². The lowest BCUT2D eigenvalue weighted by Crippen LogP contribution is -2.31. The van der Waals surface area contributed by atoms with Crippen molar-refractivity contribution in [1.82, 2.24) is 9.88 Å². The standard InChI is InChI=1S/C19H24N2OS/c1-23-19-6-2-4-17(12-19)14-21(15-18-5-3-11-22-18)13-16-7-9-20-10-8-16/h2,4,6-10,12,18H,3,5,11,13-15H2,1H3/t18-/m0/s1. The molecular weight excluding hydrogens is 304 g/mol. The first-order valence-electron chi connectivity index (χ1n) is 8.19. The molecule has 0 aliphatic carbocycles. The van der Waals surface area contributed by atoms with E-state index in [1.807, 2.05) is 12.4 Å². The van der Waals surface area contributed by atoms with Crippen molar-refractivity contribution >= 4 is 11.8 Å². The minimum absolute atomic E-state index is 0.376. The highest BCUT2D eigenvalue weighted by Crippen LogP contribution is 2.20. The van der Waals surface area contributed by atoms with Crippen LogP contribution in [0.25, 0.3) is 0 Å². The van der Waals surface area contributed by atoms with Gasteiger partial charge in [0.15, 0.2) is 0 Å². The van der Waals surface area contributed by atoms with Crippen molar-refractivity contribution in [3.63, 3.8) is 0 Å². The average molecular weight is 328 g/mol. The lowest BCUT2D eigenvalue weighted by atomic mass is 10.1. The molecule has 0 bridgehead atoms. The molecule has 0 spiro atoms. The third-order valence-electron chi connectivity index (χ3n) is 4.18. The van der Waals surface area contributed by atoms with Gasteiger partial charge in [0, 0.05) is 43.5 Å². The number of hydrogen-bond donors (Lipinski definition) is 0. The molecule has 0 unspecified atom stereocenters. The lowest BCUT2D eigenvalue weighted by Gasteiger charge is -2.25. The zero-order valence-electron chi connectivity index (χ0n) is 13.6. The van der Waals surface area contributed by atoms with Gasteiger partial charge in [0.25, 0.3) is 0 Å². The van der Waals surface area contributed by atoms with E-state index in [1.165, 1.54) is 28.9 Å². The summed E-state index contributed by atoms with van der Waals surface area (Å²) in [5, 5.41) is 0. The summed E-state index contributed by atoms with van der Waals surface area (Å²) >= 11 is 1.80. The first-order chi connectivity index (χ1) is 11.3. The van der Waals surface area contributed by atoms with Gasteiger partial charge in [-0.1, -0.05) is 12.1 Å². The molecule has 0 radical (unpaired) electrons. The Morgan fingerprint density at radius 3 is 2.74 bits per heavy atom. The van der Waals surface area contributed by atoms with E-state index in [0.717, 1.165) is 26.2 Å². The molecule has 1 aliphatic heterocycles. The second-order valence-electron chi connectivity index (χ2n) is 6.01. The fourth-order valence-electron chi connectivity index (χ4n) is 3.04. The summed E-state index contributed by atoms with van der Waals surface area (Å²) in [4.78, 5) is 7.93. The molecule has 4 heteroatoms. The fourth-order valence-corrected chi connectivity index (χ4v) is 3.52. The van der Waals surface area contributed by atoms with E-state index >= 15 is 0 Å². The summed E-state index contributed by atoms with van der Waals surface area (Å²) in [5.74, 6) is 0. The molecule has 1 aliphatic rings. The van der Waals surface area contributed by atoms with E-state index < -0.39 is 0 Å². The molecule has 122 valence electrons. The molecule has 2 aromatic rings. The molecule has 0 amide bonds. The van der Waals surface area contributed by atoms with Gasteiger partial charge in [-0.3, -0.25) is 9.88 Å². The van der Waals surface area contributed by atoms with Gasteiger partial charge in [-0.25, -0.2) is 0 Å². The van der Waals surface area contributed by atoms with Crippen LogP contribution in [-0.2, 0) is 17.8 Å². The second kappa shape index (κ2) is 8.48. The molecule has 1 fully saturated rings. The van der Waals surface area contributed by atoms with Crippen molar-refractivity contribution in [3.8, 4) is 0 Å². The summed E-state index contributed by atoms with van der Waals surface area (Å²) in [6, 6.07) is 13.0. The van der Waals surface area contributed by atoms with E-state index in [0.29, 0.717) is 6.10 Å². The lowest BCUT2D eigenvalue weighted by molar-refractivity contribution is 0.0679. The number of aromatic nitrogens is 1. The topological polar surface area (TPSA) is 25.4 Å². The van der Waals surface area contributed by atoms with Crippen LogP contribution >= 0.6 is 11.8 Å². The molecule has 1 aromatic heterocycles. The monoisotopic (exact) mass is 328 g/mol. The molecule has 1 aromatic carbocycles. The Labute approximate surface area is 143 Å². The van der Waals surface area contributed by atoms with Crippen LogP contribution < -0.4 is 0 Å². The minimum Gasteiger partial charge on any atom is -0.377 e. The van der Waals surface area contributed by atoms with Crippen molar-refractivity contribution in [3.05, 3.63) is 59.9 Å². The van der Waals surface area contributed by atoms with Crippen molar-refractivity contribution in [2.45, 2.75) is 36.9 Å². The number of benzene rings is 1. The van der Waals surface area contributed by atoms with Crippen molar-refractivity contribution < 1.29 is 4.74 Å². The Kier molecular flexibility index (Phi) is 6.08. The Bertz CT molecular complexity index is 599. The van der Waals surface area contributed by atoms with Crippen LogP contribution in [-0.4, -0.2) is 35.4 Å². The molecule has 23 heavy (non-hydrogen) atoms. The Hall–Kier alpha value is -1.36. The van der Waals surface area contributed by atoms with E-state index in [2.05, 4.69) is 52.5 Å². The molecule has 2 heterocycles. The molecule has 1 atom stereocenters. The van der Waals surface area contributed by atoms with Gasteiger partial charge in [0.1, 0.15) is 0 Å². The van der Waals surface area contributed by atoms with E-state index in [9.17, 15) is 0 Å². The molecule has 3 nitrogen and oxygen atoms in total. The summed E-state index contributed by atoms with van der Waals surface area (Å²) in [7, 11) is 0. The van der Waals surface area contributed by atoms with Crippen LogP contribution in [0.15, 0.2) is 53.7 Å². The largest absolute Gasteiger partial charge is 0.377 e. The highest BCUT2D eigenvalue weighted by molar-refractivity contribution is 7.98. The number of ether oxygens (including phenoxy) is 1. The van der Waals surface area contributed by atoms with Gasteiger partial charge >= 0.3 is 0 Å². The maximum absolute atomic E-state index is 5.85. The van der Waals surface area contributed by atoms with Gasteiger partial charge in [-0.05, 0) is 54.5 Å². The van der Waals surface area contributed by atoms with Crippen LogP contribution in [0.5, 0.6) is 0 Å². The second-order valence-corrected chi connectivity index (χ2v) is 6.89. The molecule has 3 rings (SSSR count). The first kappa shape index (κ1) is 16.5. The van der Waals surface area contributed by atoms with Gasteiger partial charge in [-0.15, -0.1) is 11.8 Å². The zero-order valence-corrected chi connectivity index (χ0v) is 14.5. The van der Waals surface area contributed by atoms with Crippen LogP contribution in [0.3, 0.4) is 0 Å². The highest BCUT2D eigenvalue weighted by Gasteiger charge is 2.19. The molecular formula is C19H24N2OS. The smallest absolute Gasteiger partial charge is 0.0703 e. The zero-order chi connectivity index (χ0) is 15.9. The highest BCUT2D eigenvalue weighted by atomic mass is 32.2. The fraction of sp³-hybridized carbons (Fsp3) is 0.421. The van der Waals surface area contributed by atoms with Crippen molar-refractivity contribution in [2.75, 3.05) is 19.4 Å². The number of rotatable bonds is 7. The number of pyridine rings is 1. The van der Waals surface area contributed by atoms with Crippen LogP contribution in [0.1, 0.15) is 24.0 Å². The molecule has 1 saturated heterocycles. The van der Waals surface area contributed by atoms with Crippen LogP contribution in [0.4, 0.5) is 0 Å². The van der Waals surface area contributed by atoms with Crippen molar-refractivity contribution in [2.24, 2.45) is 0 Å². The molecule has 0 saturated carbocycles. The summed E-state index contributed by atoms with van der Waals surface area (Å²) in [6.45, 7) is 3.80. The maximum atomic E-state index is 5.85. The summed E-state index contributed by atoms with van der Waals surface area (Å²) < 4.78 is 5.85. The summed E-state index contributed by atoms with van der Waals surface area (Å²) in [6.07, 6.45) is 8.61. The maximum Gasteiger partial charge on any atom is 0.0703 e. The number of hydrogen-bond acceptors (Lipinski definition) is 4. The first-order valence-corrected chi connectivity index (χ1v) is 9.42. The summed E-state index contributed by atoms with van der Waals surface area (Å²) in [5.41, 5.74) is 2.67. The third-order valence-corrected chi connectivity index (χ3v) is 4.91. The SMILES string of the molecule is CSc1cccc(CN(Cc2ccncc2)C[C@@H]2CCCO2)c1. The third kappa shape index (κ3) is 5.06. The van der Waals surface area contributed by atoms with Gasteiger partial charge in [0.2, 0.25) is 0 Å². The van der Waals surface area contributed by atoms with E-state index in [1.54, 1.807) is 11.8 Å². The quantitative estimate of drug-likeness (QED) is 0.718. The van der Waals surface area contributed by atoms with Crippen molar-refractivity contribution in [1.29, 1.82) is 0 Å². The van der Waals surface area contributed by atoms with Gasteiger partial charge in [0.05, 0.1) is 6.10 Å².